The number of nitriles is 1. The largest absolute Gasteiger partial charge is 0.503 e. The fraction of sp³-hybridized carbons (Fsp3) is 0.222. The van der Waals surface area contributed by atoms with Crippen LogP contribution in [0.1, 0.15) is 23.9 Å². The van der Waals surface area contributed by atoms with Crippen molar-refractivity contribution in [2.45, 2.75) is 20.8 Å². The SMILES string of the molecule is CCOc1cc(/C=C(/C#N)C(=O)Nn2c(C)ccc2C)cc(Br)c1O. The summed E-state index contributed by atoms with van der Waals surface area (Å²) in [5.41, 5.74) is 4.90. The summed E-state index contributed by atoms with van der Waals surface area (Å²) < 4.78 is 7.39. The number of aryl methyl sites for hydroxylation is 2. The van der Waals surface area contributed by atoms with Gasteiger partial charge in [-0.1, -0.05) is 0 Å². The van der Waals surface area contributed by atoms with E-state index in [2.05, 4.69) is 21.4 Å². The van der Waals surface area contributed by atoms with Crippen LogP contribution in [0.2, 0.25) is 0 Å². The van der Waals surface area contributed by atoms with Crippen molar-refractivity contribution in [3.05, 3.63) is 51.3 Å². The van der Waals surface area contributed by atoms with Gasteiger partial charge in [0.25, 0.3) is 5.91 Å². The molecule has 0 aliphatic heterocycles. The molecule has 0 bridgehead atoms. The first-order valence-corrected chi connectivity index (χ1v) is 8.40. The number of hydrogen-bond acceptors (Lipinski definition) is 4. The van der Waals surface area contributed by atoms with E-state index in [1.807, 2.05) is 32.0 Å². The number of benzene rings is 1. The smallest absolute Gasteiger partial charge is 0.280 e. The molecule has 130 valence electrons. The second kappa shape index (κ2) is 7.90. The minimum Gasteiger partial charge on any atom is -0.503 e. The Bertz CT molecular complexity index is 859. The monoisotopic (exact) mass is 403 g/mol. The predicted molar refractivity (Wildman–Crippen MR) is 98.8 cm³/mol. The molecule has 0 saturated carbocycles. The van der Waals surface area contributed by atoms with Crippen LogP contribution >= 0.6 is 15.9 Å². The van der Waals surface area contributed by atoms with Crippen LogP contribution in [0.4, 0.5) is 0 Å². The third-order valence-corrected chi connectivity index (χ3v) is 4.12. The second-order valence-corrected chi connectivity index (χ2v) is 6.20. The van der Waals surface area contributed by atoms with Crippen LogP contribution in [0.15, 0.2) is 34.3 Å². The summed E-state index contributed by atoms with van der Waals surface area (Å²) in [6.45, 7) is 5.89. The van der Waals surface area contributed by atoms with Crippen LogP contribution in [-0.4, -0.2) is 22.3 Å². The van der Waals surface area contributed by atoms with Crippen LogP contribution in [0.25, 0.3) is 6.08 Å². The minimum atomic E-state index is -0.521. The molecule has 0 spiro atoms. The molecule has 2 rings (SSSR count). The molecule has 0 atom stereocenters. The Morgan fingerprint density at radius 1 is 1.40 bits per heavy atom. The lowest BCUT2D eigenvalue weighted by Gasteiger charge is -2.11. The Kier molecular flexibility index (Phi) is 5.88. The van der Waals surface area contributed by atoms with Crippen molar-refractivity contribution in [1.29, 1.82) is 5.26 Å². The van der Waals surface area contributed by atoms with E-state index in [0.717, 1.165) is 11.4 Å². The van der Waals surface area contributed by atoms with E-state index in [-0.39, 0.29) is 17.1 Å². The van der Waals surface area contributed by atoms with Crippen LogP contribution in [-0.2, 0) is 4.79 Å². The lowest BCUT2D eigenvalue weighted by molar-refractivity contribution is -0.113. The molecule has 0 unspecified atom stereocenters. The molecule has 1 aromatic heterocycles. The lowest BCUT2D eigenvalue weighted by Crippen LogP contribution is -2.25. The van der Waals surface area contributed by atoms with Crippen molar-refractivity contribution in [1.82, 2.24) is 4.68 Å². The fourth-order valence-corrected chi connectivity index (χ4v) is 2.72. The number of aromatic hydroxyl groups is 1. The molecule has 7 heteroatoms. The summed E-state index contributed by atoms with van der Waals surface area (Å²) in [6.07, 6.45) is 1.44. The maximum absolute atomic E-state index is 12.4. The predicted octanol–water partition coefficient (Wildman–Crippen LogP) is 3.65. The zero-order valence-corrected chi connectivity index (χ0v) is 15.7. The van der Waals surface area contributed by atoms with Crippen molar-refractivity contribution in [2.24, 2.45) is 0 Å². The zero-order chi connectivity index (χ0) is 18.6. The number of carbonyl (C=O) groups excluding carboxylic acids is 1. The van der Waals surface area contributed by atoms with Crippen LogP contribution < -0.4 is 10.2 Å². The van der Waals surface area contributed by atoms with E-state index in [4.69, 9.17) is 4.74 Å². The van der Waals surface area contributed by atoms with Gasteiger partial charge in [0.15, 0.2) is 11.5 Å². The summed E-state index contributed by atoms with van der Waals surface area (Å²) in [7, 11) is 0. The van der Waals surface area contributed by atoms with E-state index < -0.39 is 5.91 Å². The third-order valence-electron chi connectivity index (χ3n) is 3.51. The van der Waals surface area contributed by atoms with Crippen LogP contribution in [0, 0.1) is 25.2 Å². The van der Waals surface area contributed by atoms with Gasteiger partial charge in [-0.15, -0.1) is 0 Å². The van der Waals surface area contributed by atoms with Crippen LogP contribution in [0.3, 0.4) is 0 Å². The van der Waals surface area contributed by atoms with Crippen molar-refractivity contribution in [2.75, 3.05) is 12.0 Å². The summed E-state index contributed by atoms with van der Waals surface area (Å²) >= 11 is 3.24. The summed E-state index contributed by atoms with van der Waals surface area (Å²) in [5, 5.41) is 19.3. The molecule has 0 fully saturated rings. The summed E-state index contributed by atoms with van der Waals surface area (Å²) in [6, 6.07) is 8.82. The van der Waals surface area contributed by atoms with Gasteiger partial charge in [0.05, 0.1) is 11.1 Å². The summed E-state index contributed by atoms with van der Waals surface area (Å²) in [4.78, 5) is 12.4. The van der Waals surface area contributed by atoms with Crippen molar-refractivity contribution >= 4 is 27.9 Å². The number of rotatable bonds is 5. The normalized spacial score (nSPS) is 11.1. The zero-order valence-electron chi connectivity index (χ0n) is 14.1. The molecule has 6 nitrogen and oxygen atoms in total. The van der Waals surface area contributed by atoms with Gasteiger partial charge in [0, 0.05) is 11.4 Å². The Morgan fingerprint density at radius 3 is 2.60 bits per heavy atom. The van der Waals surface area contributed by atoms with E-state index in [1.54, 1.807) is 23.7 Å². The maximum atomic E-state index is 12.4. The Balaban J connectivity index is 2.34. The van der Waals surface area contributed by atoms with Gasteiger partial charge >= 0.3 is 0 Å². The quantitative estimate of drug-likeness (QED) is 0.588. The molecular weight excluding hydrogens is 386 g/mol. The number of nitrogens with one attached hydrogen (secondary N) is 1. The Labute approximate surface area is 154 Å². The highest BCUT2D eigenvalue weighted by molar-refractivity contribution is 9.10. The average Bonchev–Trinajstić information content (AvgIpc) is 2.89. The van der Waals surface area contributed by atoms with E-state index in [9.17, 15) is 15.2 Å². The van der Waals surface area contributed by atoms with Gasteiger partial charge in [0.2, 0.25) is 0 Å². The van der Waals surface area contributed by atoms with Gasteiger partial charge in [-0.05, 0) is 72.6 Å². The van der Waals surface area contributed by atoms with Crippen molar-refractivity contribution in [3.8, 4) is 17.6 Å². The van der Waals surface area contributed by atoms with E-state index in [1.165, 1.54) is 6.08 Å². The molecule has 0 saturated heterocycles. The Morgan fingerprint density at radius 2 is 2.04 bits per heavy atom. The first kappa shape index (κ1) is 18.6. The molecule has 0 aliphatic rings. The van der Waals surface area contributed by atoms with E-state index >= 15 is 0 Å². The first-order chi connectivity index (χ1) is 11.9. The number of carbonyl (C=O) groups is 1. The van der Waals surface area contributed by atoms with E-state index in [0.29, 0.717) is 16.6 Å². The number of phenolic OH excluding ortho intramolecular Hbond substituents is 1. The van der Waals surface area contributed by atoms with Gasteiger partial charge in [-0.25, -0.2) is 0 Å². The highest BCUT2D eigenvalue weighted by atomic mass is 79.9. The molecule has 1 heterocycles. The molecule has 1 amide bonds. The number of halogens is 1. The highest BCUT2D eigenvalue weighted by Gasteiger charge is 2.14. The van der Waals surface area contributed by atoms with Gasteiger partial charge < -0.3 is 9.84 Å². The molecule has 1 aromatic carbocycles. The van der Waals surface area contributed by atoms with Crippen molar-refractivity contribution < 1.29 is 14.6 Å². The average molecular weight is 404 g/mol. The fourth-order valence-electron chi connectivity index (χ4n) is 2.26. The number of phenols is 1. The number of aromatic nitrogens is 1. The standard InChI is InChI=1S/C18H18BrN3O3/c1-4-25-16-9-13(8-15(19)17(16)23)7-14(10-20)18(24)21-22-11(2)5-6-12(22)3/h5-9,23H,4H2,1-3H3,(H,21,24)/b14-7-. The number of nitrogens with zero attached hydrogens (tertiary/aromatic N) is 2. The highest BCUT2D eigenvalue weighted by Crippen LogP contribution is 2.36. The topological polar surface area (TPSA) is 87.3 Å². The molecule has 2 N–H and O–H groups in total. The Hall–Kier alpha value is -2.72. The first-order valence-electron chi connectivity index (χ1n) is 7.60. The second-order valence-electron chi connectivity index (χ2n) is 5.34. The third kappa shape index (κ3) is 4.22. The number of ether oxygens (including phenoxy) is 1. The minimum absolute atomic E-state index is 0.0273. The summed E-state index contributed by atoms with van der Waals surface area (Å²) in [5.74, 6) is -0.273. The van der Waals surface area contributed by atoms with Gasteiger partial charge in [-0.2, -0.15) is 5.26 Å². The molecular formula is C18H18BrN3O3. The van der Waals surface area contributed by atoms with Gasteiger partial charge in [-0.3, -0.25) is 14.9 Å². The molecule has 25 heavy (non-hydrogen) atoms. The lowest BCUT2D eigenvalue weighted by atomic mass is 10.1. The molecule has 0 radical (unpaired) electrons. The van der Waals surface area contributed by atoms with Crippen molar-refractivity contribution in [3.63, 3.8) is 0 Å². The maximum Gasteiger partial charge on any atom is 0.280 e. The number of amides is 1. The van der Waals surface area contributed by atoms with Crippen LogP contribution in [0.5, 0.6) is 11.5 Å². The van der Waals surface area contributed by atoms with Gasteiger partial charge in [0.1, 0.15) is 11.6 Å². The number of hydrogen-bond donors (Lipinski definition) is 2. The molecule has 0 aliphatic carbocycles. The molecule has 2 aromatic rings.